The van der Waals surface area contributed by atoms with Crippen molar-refractivity contribution in [3.8, 4) is 11.4 Å². The molecule has 2 saturated heterocycles. The molecule has 0 atom stereocenters. The molecule has 8 heteroatoms. The Kier molecular flexibility index (Phi) is 8.07. The molecule has 6 rings (SSSR count). The highest BCUT2D eigenvalue weighted by atomic mass is 19.1. The van der Waals surface area contributed by atoms with Gasteiger partial charge in [-0.25, -0.2) is 24.3 Å². The van der Waals surface area contributed by atoms with Gasteiger partial charge in [0.25, 0.3) is 0 Å². The molecule has 0 radical (unpaired) electrons. The molecule has 2 aromatic heterocycles. The lowest BCUT2D eigenvalue weighted by atomic mass is 10.0. The first-order chi connectivity index (χ1) is 19.6. The third-order valence-corrected chi connectivity index (χ3v) is 8.14. The van der Waals surface area contributed by atoms with Crippen LogP contribution in [0.25, 0.3) is 11.4 Å². The smallest absolute Gasteiger partial charge is 0.162 e. The van der Waals surface area contributed by atoms with Crippen molar-refractivity contribution in [3.05, 3.63) is 102 Å². The molecule has 0 amide bonds. The monoisotopic (exact) mass is 537 g/mol. The summed E-state index contributed by atoms with van der Waals surface area (Å²) in [5, 5.41) is 0. The van der Waals surface area contributed by atoms with Crippen LogP contribution in [0.5, 0.6) is 0 Å². The summed E-state index contributed by atoms with van der Waals surface area (Å²) in [5.74, 6) is 0.834. The first-order valence-electron chi connectivity index (χ1n) is 14.2. The van der Waals surface area contributed by atoms with Crippen LogP contribution in [0.1, 0.15) is 35.6 Å². The highest BCUT2D eigenvalue weighted by Crippen LogP contribution is 2.24. The van der Waals surface area contributed by atoms with E-state index in [0.717, 1.165) is 36.3 Å². The Balaban J connectivity index is 1.05. The van der Waals surface area contributed by atoms with E-state index in [9.17, 15) is 4.39 Å². The minimum atomic E-state index is -0.329. The molecule has 40 heavy (non-hydrogen) atoms. The third kappa shape index (κ3) is 6.35. The second-order valence-corrected chi connectivity index (χ2v) is 10.9. The number of benzene rings is 2. The van der Waals surface area contributed by atoms with E-state index < -0.39 is 0 Å². The fourth-order valence-electron chi connectivity index (χ4n) is 5.76. The number of aromatic nitrogens is 4. The van der Waals surface area contributed by atoms with Gasteiger partial charge in [-0.3, -0.25) is 4.90 Å². The summed E-state index contributed by atoms with van der Waals surface area (Å²) in [5.41, 5.74) is 4.55. The Morgan fingerprint density at radius 2 is 1.45 bits per heavy atom. The van der Waals surface area contributed by atoms with Gasteiger partial charge in [0.15, 0.2) is 5.82 Å². The van der Waals surface area contributed by atoms with Crippen LogP contribution in [-0.4, -0.2) is 82.1 Å². The van der Waals surface area contributed by atoms with Gasteiger partial charge in [-0.1, -0.05) is 24.3 Å². The number of halogens is 1. The lowest BCUT2D eigenvalue weighted by Crippen LogP contribution is -2.52. The summed E-state index contributed by atoms with van der Waals surface area (Å²) in [6, 6.07) is 19.9. The van der Waals surface area contributed by atoms with Crippen molar-refractivity contribution in [1.29, 1.82) is 0 Å². The Morgan fingerprint density at radius 1 is 0.750 bits per heavy atom. The van der Waals surface area contributed by atoms with E-state index >= 15 is 0 Å². The van der Waals surface area contributed by atoms with Crippen LogP contribution in [0.15, 0.2) is 73.1 Å². The number of hydrogen-bond donors (Lipinski definition) is 0. The summed E-state index contributed by atoms with van der Waals surface area (Å²) in [7, 11) is 2.22. The first kappa shape index (κ1) is 26.5. The molecule has 0 saturated carbocycles. The quantitative estimate of drug-likeness (QED) is 0.345. The van der Waals surface area contributed by atoms with Crippen molar-refractivity contribution in [2.45, 2.75) is 31.7 Å². The highest BCUT2D eigenvalue weighted by molar-refractivity contribution is 5.55. The van der Waals surface area contributed by atoms with Gasteiger partial charge in [0.1, 0.15) is 11.6 Å². The highest BCUT2D eigenvalue weighted by Gasteiger charge is 2.26. The number of hydrogen-bond acceptors (Lipinski definition) is 7. The Labute approximate surface area is 235 Å². The van der Waals surface area contributed by atoms with Crippen LogP contribution >= 0.6 is 0 Å². The molecular weight excluding hydrogens is 501 g/mol. The van der Waals surface area contributed by atoms with Gasteiger partial charge in [-0.2, -0.15) is 0 Å². The van der Waals surface area contributed by atoms with Gasteiger partial charge >= 0.3 is 0 Å². The molecule has 0 spiro atoms. The van der Waals surface area contributed by atoms with Gasteiger partial charge in [-0.15, -0.1) is 0 Å². The van der Waals surface area contributed by atoms with E-state index in [1.807, 2.05) is 12.1 Å². The van der Waals surface area contributed by atoms with Crippen molar-refractivity contribution < 1.29 is 4.39 Å². The lowest BCUT2D eigenvalue weighted by molar-refractivity contribution is 0.0982. The lowest BCUT2D eigenvalue weighted by Gasteiger charge is -2.42. The zero-order valence-electron chi connectivity index (χ0n) is 23.1. The SMILES string of the molecule is CN1CCN(C2CCN(c3ccc(Cc4nccc(Cc5ccnc(-c6ccccc6F)n5)n4)cc3)CC2)CC1. The van der Waals surface area contributed by atoms with E-state index in [4.69, 9.17) is 4.98 Å². The van der Waals surface area contributed by atoms with Gasteiger partial charge < -0.3 is 9.80 Å². The summed E-state index contributed by atoms with van der Waals surface area (Å²) in [6.07, 6.45) is 7.14. The van der Waals surface area contributed by atoms with Gasteiger partial charge in [-0.05, 0) is 61.9 Å². The van der Waals surface area contributed by atoms with Crippen molar-refractivity contribution in [2.75, 3.05) is 51.2 Å². The van der Waals surface area contributed by atoms with Crippen molar-refractivity contribution >= 4 is 5.69 Å². The number of nitrogens with zero attached hydrogens (tertiary/aromatic N) is 7. The molecule has 0 unspecified atom stereocenters. The van der Waals surface area contributed by atoms with E-state index in [0.29, 0.717) is 24.2 Å². The molecule has 0 bridgehead atoms. The minimum absolute atomic E-state index is 0.329. The second kappa shape index (κ2) is 12.2. The van der Waals surface area contributed by atoms with E-state index in [1.165, 1.54) is 56.3 Å². The number of piperidine rings is 1. The van der Waals surface area contributed by atoms with Crippen molar-refractivity contribution in [3.63, 3.8) is 0 Å². The maximum absolute atomic E-state index is 14.2. The second-order valence-electron chi connectivity index (χ2n) is 10.9. The molecule has 0 aliphatic carbocycles. The van der Waals surface area contributed by atoms with Gasteiger partial charge in [0.2, 0.25) is 0 Å². The van der Waals surface area contributed by atoms with Gasteiger partial charge in [0, 0.05) is 76.2 Å². The average molecular weight is 538 g/mol. The Hall–Kier alpha value is -3.75. The largest absolute Gasteiger partial charge is 0.371 e. The fraction of sp³-hybridized carbons (Fsp3) is 0.375. The average Bonchev–Trinajstić information content (AvgIpc) is 2.99. The molecule has 4 aromatic rings. The van der Waals surface area contributed by atoms with E-state index in [-0.39, 0.29) is 5.82 Å². The maximum atomic E-state index is 14.2. The van der Waals surface area contributed by atoms with E-state index in [1.54, 1.807) is 30.6 Å². The molecule has 7 nitrogen and oxygen atoms in total. The minimum Gasteiger partial charge on any atom is -0.371 e. The molecule has 2 aliphatic rings. The molecule has 206 valence electrons. The van der Waals surface area contributed by atoms with Crippen LogP contribution in [0.3, 0.4) is 0 Å². The summed E-state index contributed by atoms with van der Waals surface area (Å²) in [6.45, 7) is 7.00. The first-order valence-corrected chi connectivity index (χ1v) is 14.2. The van der Waals surface area contributed by atoms with Crippen LogP contribution < -0.4 is 4.90 Å². The number of piperazine rings is 1. The number of rotatable bonds is 7. The molecule has 4 heterocycles. The summed E-state index contributed by atoms with van der Waals surface area (Å²) >= 11 is 0. The zero-order chi connectivity index (χ0) is 27.3. The van der Waals surface area contributed by atoms with Crippen LogP contribution in [-0.2, 0) is 12.8 Å². The molecule has 2 fully saturated rings. The van der Waals surface area contributed by atoms with E-state index in [2.05, 4.69) is 61.0 Å². The van der Waals surface area contributed by atoms with Crippen molar-refractivity contribution in [2.24, 2.45) is 0 Å². The maximum Gasteiger partial charge on any atom is 0.162 e. The van der Waals surface area contributed by atoms with Crippen molar-refractivity contribution in [1.82, 2.24) is 29.7 Å². The normalized spacial score (nSPS) is 17.3. The Bertz CT molecular complexity index is 1410. The number of likely N-dealkylation sites (N-methyl/N-ethyl adjacent to an activating group) is 1. The molecular formula is C32H36FN7. The summed E-state index contributed by atoms with van der Waals surface area (Å²) in [4.78, 5) is 25.8. The molecule has 2 aromatic carbocycles. The summed E-state index contributed by atoms with van der Waals surface area (Å²) < 4.78 is 14.2. The standard InChI is InChI=1S/C32H36FN7/c1-38-18-20-40(21-19-38)28-12-16-39(17-13-28)27-8-6-24(7-9-27)22-31-34-14-10-25(36-31)23-26-11-15-35-32(37-26)29-4-2-3-5-30(29)33/h2-11,14-15,28H,12-13,16-23H2,1H3. The zero-order valence-corrected chi connectivity index (χ0v) is 23.1. The topological polar surface area (TPSA) is 61.3 Å². The predicted molar refractivity (Wildman–Crippen MR) is 156 cm³/mol. The number of anilines is 1. The molecule has 0 N–H and O–H groups in total. The third-order valence-electron chi connectivity index (χ3n) is 8.14. The molecule has 2 aliphatic heterocycles. The van der Waals surface area contributed by atoms with Crippen LogP contribution in [0.4, 0.5) is 10.1 Å². The Morgan fingerprint density at radius 3 is 2.20 bits per heavy atom. The predicted octanol–water partition coefficient (Wildman–Crippen LogP) is 4.47. The van der Waals surface area contributed by atoms with Gasteiger partial charge in [0.05, 0.1) is 17.0 Å². The van der Waals surface area contributed by atoms with Crippen LogP contribution in [0, 0.1) is 5.82 Å². The fourth-order valence-corrected chi connectivity index (χ4v) is 5.76. The van der Waals surface area contributed by atoms with Crippen LogP contribution in [0.2, 0.25) is 0 Å².